The topological polar surface area (TPSA) is 128 Å². The molecule has 0 saturated heterocycles. The molecule has 7 rings (SSSR count). The van der Waals surface area contributed by atoms with Crippen LogP contribution < -0.4 is 20.1 Å². The van der Waals surface area contributed by atoms with Crippen molar-refractivity contribution in [3.63, 3.8) is 0 Å². The number of urea groups is 1. The van der Waals surface area contributed by atoms with Gasteiger partial charge in [-0.15, -0.1) is 0 Å². The number of hydrogen-bond acceptors (Lipinski definition) is 7. The number of fused-ring (bicyclic) bond motifs is 3. The molecule has 2 amide bonds. The number of nitrogens with zero attached hydrogens (tertiary/aromatic N) is 3. The molecule has 3 heterocycles. The molecule has 0 aliphatic carbocycles. The first-order valence-corrected chi connectivity index (χ1v) is 13.4. The Morgan fingerprint density at radius 3 is 2.51 bits per heavy atom. The highest BCUT2D eigenvalue weighted by Crippen LogP contribution is 2.39. The van der Waals surface area contributed by atoms with Crippen molar-refractivity contribution in [1.29, 1.82) is 0 Å². The third kappa shape index (κ3) is 4.57. The number of aromatic carboxylic acids is 1. The van der Waals surface area contributed by atoms with Gasteiger partial charge in [0.1, 0.15) is 16.7 Å². The van der Waals surface area contributed by atoms with Gasteiger partial charge in [0.15, 0.2) is 11.5 Å². The van der Waals surface area contributed by atoms with Crippen molar-refractivity contribution in [2.45, 2.75) is 6.54 Å². The summed E-state index contributed by atoms with van der Waals surface area (Å²) in [5.41, 5.74) is 5.45. The minimum Gasteiger partial charge on any atom is -0.477 e. The smallest absolute Gasteiger partial charge is 0.353 e. The van der Waals surface area contributed by atoms with Crippen LogP contribution in [0.3, 0.4) is 0 Å². The highest BCUT2D eigenvalue weighted by Gasteiger charge is 2.25. The van der Waals surface area contributed by atoms with Crippen molar-refractivity contribution in [1.82, 2.24) is 13.3 Å². The van der Waals surface area contributed by atoms with E-state index in [0.29, 0.717) is 50.4 Å². The van der Waals surface area contributed by atoms with Crippen molar-refractivity contribution < 1.29 is 24.2 Å². The molecule has 0 saturated carbocycles. The summed E-state index contributed by atoms with van der Waals surface area (Å²) >= 11 is 1.10. The van der Waals surface area contributed by atoms with E-state index in [2.05, 4.69) is 19.4 Å². The van der Waals surface area contributed by atoms with E-state index < -0.39 is 12.0 Å². The standard InChI is InChI=1S/C30H21N5O5S/c36-29(37)28-27(18-7-9-22-23(13-18)34-41-33-22)21-14-20(32-30(38)31-19-4-2-1-3-5-19)8-10-24(21)35(28)15-17-6-11-25-26(12-17)40-16-39-25/h1-14H,15-16H2,(H,36,37)(H2,31,32,38). The molecular formula is C30H21N5O5S. The van der Waals surface area contributed by atoms with E-state index in [4.69, 9.17) is 9.47 Å². The fraction of sp³-hybridized carbons (Fsp3) is 0.0667. The average Bonchev–Trinajstić information content (AvgIpc) is 3.70. The number of para-hydroxylation sites is 1. The zero-order valence-electron chi connectivity index (χ0n) is 21.3. The van der Waals surface area contributed by atoms with Crippen LogP contribution in [0.1, 0.15) is 16.1 Å². The Morgan fingerprint density at radius 1 is 0.854 bits per heavy atom. The lowest BCUT2D eigenvalue weighted by molar-refractivity contribution is 0.0687. The number of carbonyl (C=O) groups excluding carboxylic acids is 1. The van der Waals surface area contributed by atoms with Crippen molar-refractivity contribution in [3.8, 4) is 22.6 Å². The number of benzene rings is 4. The lowest BCUT2D eigenvalue weighted by Gasteiger charge is -2.11. The molecule has 1 aliphatic heterocycles. The average molecular weight is 564 g/mol. The predicted molar refractivity (Wildman–Crippen MR) is 156 cm³/mol. The van der Waals surface area contributed by atoms with Crippen LogP contribution in [0.2, 0.25) is 0 Å². The van der Waals surface area contributed by atoms with E-state index in [0.717, 1.165) is 22.8 Å². The summed E-state index contributed by atoms with van der Waals surface area (Å²) in [6, 6.07) is 25.2. The molecule has 3 N–H and O–H groups in total. The van der Waals surface area contributed by atoms with Gasteiger partial charge < -0.3 is 29.8 Å². The summed E-state index contributed by atoms with van der Waals surface area (Å²) in [7, 11) is 0. The monoisotopic (exact) mass is 563 g/mol. The second kappa shape index (κ2) is 9.96. The maximum Gasteiger partial charge on any atom is 0.353 e. The van der Waals surface area contributed by atoms with Gasteiger partial charge >= 0.3 is 12.0 Å². The van der Waals surface area contributed by atoms with Gasteiger partial charge in [-0.05, 0) is 65.7 Å². The molecule has 202 valence electrons. The first-order chi connectivity index (χ1) is 20.0. The van der Waals surface area contributed by atoms with E-state index in [1.54, 1.807) is 28.8 Å². The third-order valence-corrected chi connectivity index (χ3v) is 7.43. The van der Waals surface area contributed by atoms with E-state index in [1.807, 2.05) is 60.7 Å². The van der Waals surface area contributed by atoms with Crippen LogP contribution in [0, 0.1) is 0 Å². The van der Waals surface area contributed by atoms with Crippen LogP contribution in [0.5, 0.6) is 11.5 Å². The third-order valence-electron chi connectivity index (χ3n) is 6.88. The number of carboxylic acid groups (broad SMARTS) is 1. The Morgan fingerprint density at radius 2 is 1.66 bits per heavy atom. The number of carbonyl (C=O) groups is 2. The summed E-state index contributed by atoms with van der Waals surface area (Å²) in [6.07, 6.45) is 0. The number of carboxylic acids is 1. The minimum absolute atomic E-state index is 0.117. The molecule has 11 heteroatoms. The fourth-order valence-corrected chi connectivity index (χ4v) is 5.60. The lowest BCUT2D eigenvalue weighted by Crippen LogP contribution is -2.19. The number of rotatable bonds is 6. The zero-order chi connectivity index (χ0) is 27.9. The Kier molecular flexibility index (Phi) is 5.98. The molecule has 0 radical (unpaired) electrons. The van der Waals surface area contributed by atoms with Crippen LogP contribution in [-0.4, -0.2) is 37.2 Å². The minimum atomic E-state index is -1.08. The van der Waals surface area contributed by atoms with Gasteiger partial charge in [-0.2, -0.15) is 8.75 Å². The van der Waals surface area contributed by atoms with E-state index in [-0.39, 0.29) is 19.0 Å². The number of nitrogens with one attached hydrogen (secondary N) is 2. The second-order valence-corrected chi connectivity index (χ2v) is 9.98. The first-order valence-electron chi connectivity index (χ1n) is 12.7. The van der Waals surface area contributed by atoms with Crippen molar-refractivity contribution in [2.24, 2.45) is 0 Å². The molecule has 2 aromatic heterocycles. The zero-order valence-corrected chi connectivity index (χ0v) is 22.1. The van der Waals surface area contributed by atoms with Crippen LogP contribution in [0.25, 0.3) is 33.1 Å². The summed E-state index contributed by atoms with van der Waals surface area (Å²) < 4.78 is 21.4. The molecule has 0 bridgehead atoms. The number of hydrogen-bond donors (Lipinski definition) is 3. The van der Waals surface area contributed by atoms with E-state index in [1.165, 1.54) is 0 Å². The molecule has 0 unspecified atom stereocenters. The SMILES string of the molecule is O=C(Nc1ccccc1)Nc1ccc2c(c1)c(-c1ccc3nsnc3c1)c(C(=O)O)n2Cc1ccc2c(c1)OCO2. The van der Waals surface area contributed by atoms with Crippen molar-refractivity contribution in [2.75, 3.05) is 17.4 Å². The van der Waals surface area contributed by atoms with Gasteiger partial charge in [-0.25, -0.2) is 9.59 Å². The van der Waals surface area contributed by atoms with Crippen LogP contribution >= 0.6 is 11.7 Å². The summed E-state index contributed by atoms with van der Waals surface area (Å²) in [5.74, 6) is 0.193. The Labute approximate surface area is 237 Å². The van der Waals surface area contributed by atoms with Gasteiger partial charge in [-0.1, -0.05) is 30.3 Å². The lowest BCUT2D eigenvalue weighted by atomic mass is 10.0. The largest absolute Gasteiger partial charge is 0.477 e. The molecule has 41 heavy (non-hydrogen) atoms. The Hall–Kier alpha value is -5.42. The predicted octanol–water partition coefficient (Wildman–Crippen LogP) is 6.43. The molecule has 1 aliphatic rings. The molecule has 4 aromatic carbocycles. The van der Waals surface area contributed by atoms with Gasteiger partial charge in [0, 0.05) is 34.4 Å². The maximum atomic E-state index is 12.9. The first kappa shape index (κ1) is 24.6. The number of anilines is 2. The highest BCUT2D eigenvalue weighted by molar-refractivity contribution is 7.00. The van der Waals surface area contributed by atoms with Crippen LogP contribution in [-0.2, 0) is 6.54 Å². The summed E-state index contributed by atoms with van der Waals surface area (Å²) in [6.45, 7) is 0.424. The van der Waals surface area contributed by atoms with Crippen molar-refractivity contribution >= 4 is 57.0 Å². The molecular weight excluding hydrogens is 542 g/mol. The number of ether oxygens (including phenoxy) is 2. The molecule has 0 atom stereocenters. The molecule has 0 fully saturated rings. The van der Waals surface area contributed by atoms with Crippen LogP contribution in [0.15, 0.2) is 84.9 Å². The second-order valence-electron chi connectivity index (χ2n) is 9.45. The van der Waals surface area contributed by atoms with Crippen LogP contribution in [0.4, 0.5) is 16.2 Å². The number of amides is 2. The summed E-state index contributed by atoms with van der Waals surface area (Å²) in [4.78, 5) is 25.6. The van der Waals surface area contributed by atoms with Gasteiger partial charge in [0.25, 0.3) is 0 Å². The highest BCUT2D eigenvalue weighted by atomic mass is 32.1. The van der Waals surface area contributed by atoms with Crippen molar-refractivity contribution in [3.05, 3.63) is 96.2 Å². The van der Waals surface area contributed by atoms with E-state index in [9.17, 15) is 14.7 Å². The Bertz CT molecular complexity index is 1970. The van der Waals surface area contributed by atoms with Gasteiger partial charge in [-0.3, -0.25) is 0 Å². The fourth-order valence-electron chi connectivity index (χ4n) is 5.09. The Balaban J connectivity index is 1.36. The molecule has 10 nitrogen and oxygen atoms in total. The summed E-state index contributed by atoms with van der Waals surface area (Å²) in [5, 5.41) is 16.9. The quantitative estimate of drug-likeness (QED) is 0.213. The normalized spacial score (nSPS) is 12.1. The van der Waals surface area contributed by atoms with Gasteiger partial charge in [0.05, 0.1) is 11.7 Å². The van der Waals surface area contributed by atoms with Gasteiger partial charge in [0.2, 0.25) is 6.79 Å². The molecule has 0 spiro atoms. The number of aromatic nitrogens is 3. The maximum absolute atomic E-state index is 12.9. The molecule has 6 aromatic rings. The van der Waals surface area contributed by atoms with E-state index >= 15 is 0 Å².